The van der Waals surface area contributed by atoms with E-state index in [2.05, 4.69) is 9.80 Å². The molecule has 2 saturated heterocycles. The lowest BCUT2D eigenvalue weighted by molar-refractivity contribution is 0.0372. The van der Waals surface area contributed by atoms with Crippen molar-refractivity contribution in [2.75, 3.05) is 32.7 Å². The number of likely N-dealkylation sites (tertiary alicyclic amines) is 2. The van der Waals surface area contributed by atoms with E-state index in [0.717, 1.165) is 12.6 Å². The molecule has 3 nitrogen and oxygen atoms in total. The van der Waals surface area contributed by atoms with E-state index in [-0.39, 0.29) is 6.10 Å². The van der Waals surface area contributed by atoms with Crippen molar-refractivity contribution in [3.8, 4) is 0 Å². The summed E-state index contributed by atoms with van der Waals surface area (Å²) in [4.78, 5) is 5.25. The highest BCUT2D eigenvalue weighted by Crippen LogP contribution is 2.29. The van der Waals surface area contributed by atoms with E-state index in [1.165, 1.54) is 84.0 Å². The van der Waals surface area contributed by atoms with Gasteiger partial charge >= 0.3 is 0 Å². The molecule has 0 amide bonds. The number of aliphatic hydroxyl groups is 1. The first-order valence-corrected chi connectivity index (χ1v) is 8.97. The third kappa shape index (κ3) is 3.75. The molecular weight excluding hydrogens is 248 g/mol. The highest BCUT2D eigenvalue weighted by Gasteiger charge is 2.29. The van der Waals surface area contributed by atoms with E-state index < -0.39 is 0 Å². The van der Waals surface area contributed by atoms with Crippen molar-refractivity contribution in [1.29, 1.82) is 0 Å². The Labute approximate surface area is 124 Å². The third-order valence-electron chi connectivity index (χ3n) is 5.85. The third-order valence-corrected chi connectivity index (χ3v) is 5.85. The predicted molar refractivity (Wildman–Crippen MR) is 82.9 cm³/mol. The zero-order valence-electron chi connectivity index (χ0n) is 13.0. The van der Waals surface area contributed by atoms with Gasteiger partial charge in [0.1, 0.15) is 0 Å². The van der Waals surface area contributed by atoms with Crippen LogP contribution in [0.5, 0.6) is 0 Å². The molecule has 1 N–H and O–H groups in total. The Morgan fingerprint density at radius 1 is 0.800 bits per heavy atom. The second-order valence-electron chi connectivity index (χ2n) is 7.24. The average molecular weight is 280 g/mol. The van der Waals surface area contributed by atoms with E-state index in [1.807, 2.05) is 0 Å². The fourth-order valence-electron chi connectivity index (χ4n) is 4.51. The number of rotatable bonds is 4. The topological polar surface area (TPSA) is 26.7 Å². The van der Waals surface area contributed by atoms with Gasteiger partial charge in [-0.25, -0.2) is 0 Å². The molecule has 3 heteroatoms. The molecule has 0 bridgehead atoms. The molecule has 0 aromatic carbocycles. The van der Waals surface area contributed by atoms with E-state index in [4.69, 9.17) is 0 Å². The maximum atomic E-state index is 10.4. The van der Waals surface area contributed by atoms with Crippen molar-refractivity contribution in [2.45, 2.75) is 69.9 Å². The van der Waals surface area contributed by atoms with Gasteiger partial charge < -0.3 is 14.9 Å². The van der Waals surface area contributed by atoms with E-state index in [1.54, 1.807) is 0 Å². The molecule has 20 heavy (non-hydrogen) atoms. The van der Waals surface area contributed by atoms with Crippen molar-refractivity contribution in [3.63, 3.8) is 0 Å². The molecule has 3 rings (SSSR count). The van der Waals surface area contributed by atoms with Crippen LogP contribution < -0.4 is 0 Å². The Balaban J connectivity index is 1.39. The number of aliphatic hydroxyl groups excluding tert-OH is 1. The van der Waals surface area contributed by atoms with Gasteiger partial charge in [-0.15, -0.1) is 0 Å². The zero-order chi connectivity index (χ0) is 13.8. The van der Waals surface area contributed by atoms with Crippen LogP contribution in [0.1, 0.15) is 57.8 Å². The Kier molecular flexibility index (Phi) is 5.36. The van der Waals surface area contributed by atoms with Crippen LogP contribution >= 0.6 is 0 Å². The summed E-state index contributed by atoms with van der Waals surface area (Å²) in [5.41, 5.74) is 0. The molecule has 1 saturated carbocycles. The lowest BCUT2D eigenvalue weighted by atomic mass is 9.97. The smallest absolute Gasteiger partial charge is 0.0695 e. The Hall–Kier alpha value is -0.120. The highest BCUT2D eigenvalue weighted by molar-refractivity contribution is 4.84. The number of hydrogen-bond acceptors (Lipinski definition) is 3. The predicted octanol–water partition coefficient (Wildman–Crippen LogP) is 2.49. The Morgan fingerprint density at radius 2 is 1.45 bits per heavy atom. The van der Waals surface area contributed by atoms with Gasteiger partial charge in [0.05, 0.1) is 6.10 Å². The van der Waals surface area contributed by atoms with Gasteiger partial charge in [0.25, 0.3) is 0 Å². The highest BCUT2D eigenvalue weighted by atomic mass is 16.3. The van der Waals surface area contributed by atoms with Gasteiger partial charge in [-0.1, -0.05) is 19.3 Å². The Bertz CT molecular complexity index is 277. The summed E-state index contributed by atoms with van der Waals surface area (Å²) in [5.74, 6) is 0.592. The Morgan fingerprint density at radius 3 is 2.10 bits per heavy atom. The standard InChI is InChI=1S/C17H32N2O/c20-17(15-6-2-3-7-15)14-18-12-8-16(9-13-18)19-10-4-1-5-11-19/h15-17,20H,1-14H2. The van der Waals surface area contributed by atoms with Crippen molar-refractivity contribution < 1.29 is 5.11 Å². The van der Waals surface area contributed by atoms with Crippen LogP contribution in [0.2, 0.25) is 0 Å². The number of hydrogen-bond donors (Lipinski definition) is 1. The van der Waals surface area contributed by atoms with Crippen LogP contribution in [-0.2, 0) is 0 Å². The van der Waals surface area contributed by atoms with Gasteiger partial charge in [-0.2, -0.15) is 0 Å². The quantitative estimate of drug-likeness (QED) is 0.857. The van der Waals surface area contributed by atoms with E-state index in [0.29, 0.717) is 5.92 Å². The minimum Gasteiger partial charge on any atom is -0.392 e. The minimum absolute atomic E-state index is 0.0657. The summed E-state index contributed by atoms with van der Waals surface area (Å²) in [7, 11) is 0. The van der Waals surface area contributed by atoms with Crippen LogP contribution in [0, 0.1) is 5.92 Å². The van der Waals surface area contributed by atoms with Gasteiger partial charge in [0, 0.05) is 12.6 Å². The van der Waals surface area contributed by atoms with Crippen molar-refractivity contribution in [3.05, 3.63) is 0 Å². The van der Waals surface area contributed by atoms with Crippen molar-refractivity contribution in [1.82, 2.24) is 9.80 Å². The summed E-state index contributed by atoms with van der Waals surface area (Å²) < 4.78 is 0. The second kappa shape index (κ2) is 7.24. The van der Waals surface area contributed by atoms with E-state index >= 15 is 0 Å². The molecule has 116 valence electrons. The molecule has 1 atom stereocenters. The van der Waals surface area contributed by atoms with Crippen LogP contribution in [0.25, 0.3) is 0 Å². The monoisotopic (exact) mass is 280 g/mol. The van der Waals surface area contributed by atoms with Crippen molar-refractivity contribution in [2.24, 2.45) is 5.92 Å². The fourth-order valence-corrected chi connectivity index (χ4v) is 4.51. The number of β-amino-alcohol motifs (C(OH)–C–C–N with tert-alkyl or cyclic N) is 1. The largest absolute Gasteiger partial charge is 0.392 e. The van der Waals surface area contributed by atoms with Gasteiger partial charge in [-0.3, -0.25) is 0 Å². The van der Waals surface area contributed by atoms with Crippen LogP contribution in [-0.4, -0.2) is 59.8 Å². The molecular formula is C17H32N2O. The summed E-state index contributed by atoms with van der Waals surface area (Å²) in [6, 6.07) is 0.829. The molecule has 0 aromatic heterocycles. The lowest BCUT2D eigenvalue weighted by Gasteiger charge is -2.41. The maximum absolute atomic E-state index is 10.4. The SMILES string of the molecule is OC(CN1CCC(N2CCCCC2)CC1)C1CCCC1. The molecule has 0 spiro atoms. The van der Waals surface area contributed by atoms with Crippen LogP contribution in [0.3, 0.4) is 0 Å². The summed E-state index contributed by atoms with van der Waals surface area (Å²) in [6.07, 6.45) is 12.0. The minimum atomic E-state index is -0.0657. The van der Waals surface area contributed by atoms with Crippen LogP contribution in [0.15, 0.2) is 0 Å². The molecule has 0 radical (unpaired) electrons. The first-order chi connectivity index (χ1) is 9.83. The van der Waals surface area contributed by atoms with Gasteiger partial charge in [0.2, 0.25) is 0 Å². The molecule has 0 aromatic rings. The molecule has 2 aliphatic heterocycles. The fraction of sp³-hybridized carbons (Fsp3) is 1.00. The molecule has 1 aliphatic carbocycles. The summed E-state index contributed by atoms with van der Waals surface area (Å²) in [5, 5.41) is 10.4. The van der Waals surface area contributed by atoms with Gasteiger partial charge in [0.15, 0.2) is 0 Å². The first-order valence-electron chi connectivity index (χ1n) is 8.97. The molecule has 2 heterocycles. The summed E-state index contributed by atoms with van der Waals surface area (Å²) >= 11 is 0. The number of piperidine rings is 2. The number of nitrogens with zero attached hydrogens (tertiary/aromatic N) is 2. The normalized spacial score (nSPS) is 29.9. The van der Waals surface area contributed by atoms with Gasteiger partial charge in [-0.05, 0) is 70.6 Å². The zero-order valence-corrected chi connectivity index (χ0v) is 13.0. The van der Waals surface area contributed by atoms with Crippen molar-refractivity contribution >= 4 is 0 Å². The van der Waals surface area contributed by atoms with E-state index in [9.17, 15) is 5.11 Å². The first kappa shape index (κ1) is 14.8. The molecule has 1 unspecified atom stereocenters. The second-order valence-corrected chi connectivity index (χ2v) is 7.24. The lowest BCUT2D eigenvalue weighted by Crippen LogP contribution is -2.48. The summed E-state index contributed by atoms with van der Waals surface area (Å²) in [6.45, 7) is 5.98. The molecule has 3 fully saturated rings. The maximum Gasteiger partial charge on any atom is 0.0695 e. The van der Waals surface area contributed by atoms with Crippen LogP contribution in [0.4, 0.5) is 0 Å². The molecule has 3 aliphatic rings. The average Bonchev–Trinajstić information content (AvgIpc) is 3.03.